The van der Waals surface area contributed by atoms with E-state index in [0.717, 1.165) is 30.6 Å². The van der Waals surface area contributed by atoms with Gasteiger partial charge in [0.2, 0.25) is 11.8 Å². The van der Waals surface area contributed by atoms with E-state index in [1.807, 2.05) is 36.1 Å². The second-order valence-corrected chi connectivity index (χ2v) is 7.95. The quantitative estimate of drug-likeness (QED) is 0.859. The molecule has 4 rings (SSSR count). The van der Waals surface area contributed by atoms with Gasteiger partial charge in [0, 0.05) is 50.9 Å². The predicted molar refractivity (Wildman–Crippen MR) is 111 cm³/mol. The highest BCUT2D eigenvalue weighted by Crippen LogP contribution is 2.46. The number of aromatic nitrogens is 1. The Kier molecular flexibility index (Phi) is 5.51. The molecule has 2 aliphatic heterocycles. The van der Waals surface area contributed by atoms with Crippen molar-refractivity contribution in [2.24, 2.45) is 0 Å². The van der Waals surface area contributed by atoms with Crippen molar-refractivity contribution >= 4 is 17.5 Å². The van der Waals surface area contributed by atoms with Gasteiger partial charge in [-0.3, -0.25) is 14.6 Å². The van der Waals surface area contributed by atoms with Crippen molar-refractivity contribution in [1.82, 2.24) is 9.88 Å². The van der Waals surface area contributed by atoms with Crippen LogP contribution in [-0.4, -0.2) is 40.4 Å². The smallest absolute Gasteiger partial charge is 0.225 e. The lowest BCUT2D eigenvalue weighted by molar-refractivity contribution is -0.134. The molecule has 0 radical (unpaired) electrons. The zero-order valence-electron chi connectivity index (χ0n) is 16.8. The molecule has 2 amide bonds. The number of para-hydroxylation sites is 1. The van der Waals surface area contributed by atoms with Gasteiger partial charge in [-0.25, -0.2) is 0 Å². The fourth-order valence-electron chi connectivity index (χ4n) is 4.49. The minimum Gasteiger partial charge on any atom is -0.487 e. The van der Waals surface area contributed by atoms with Gasteiger partial charge in [-0.05, 0) is 30.2 Å². The molecule has 3 heterocycles. The minimum absolute atomic E-state index is 0.0200. The molecule has 0 unspecified atom stereocenters. The number of nitrogens with zero attached hydrogens (tertiary/aromatic N) is 2. The summed E-state index contributed by atoms with van der Waals surface area (Å²) in [4.78, 5) is 30.7. The van der Waals surface area contributed by atoms with Crippen molar-refractivity contribution in [3.05, 3.63) is 54.4 Å². The summed E-state index contributed by atoms with van der Waals surface area (Å²) in [6.45, 7) is 3.32. The van der Waals surface area contributed by atoms with Crippen LogP contribution < -0.4 is 10.1 Å². The highest BCUT2D eigenvalue weighted by molar-refractivity contribution is 5.91. The number of carbonyl (C=O) groups excluding carboxylic acids is 2. The number of piperidine rings is 1. The molecule has 1 aromatic carbocycles. The third-order valence-electron chi connectivity index (χ3n) is 6.01. The Morgan fingerprint density at radius 1 is 1.21 bits per heavy atom. The van der Waals surface area contributed by atoms with Gasteiger partial charge < -0.3 is 15.0 Å². The van der Waals surface area contributed by atoms with E-state index < -0.39 is 0 Å². The summed E-state index contributed by atoms with van der Waals surface area (Å²) in [5.74, 6) is 1.13. The van der Waals surface area contributed by atoms with E-state index in [1.165, 1.54) is 0 Å². The van der Waals surface area contributed by atoms with Gasteiger partial charge in [-0.1, -0.05) is 25.1 Å². The number of carbonyl (C=O) groups is 2. The molecule has 1 atom stereocenters. The fraction of sp³-hybridized carbons (Fsp3) is 0.435. The molecule has 1 spiro atoms. The topological polar surface area (TPSA) is 71.5 Å². The first-order valence-corrected chi connectivity index (χ1v) is 10.3. The average molecular weight is 393 g/mol. The summed E-state index contributed by atoms with van der Waals surface area (Å²) in [6, 6.07) is 11.7. The van der Waals surface area contributed by atoms with Gasteiger partial charge in [0.1, 0.15) is 11.4 Å². The van der Waals surface area contributed by atoms with Crippen LogP contribution in [0.5, 0.6) is 5.75 Å². The van der Waals surface area contributed by atoms with Crippen LogP contribution in [0.15, 0.2) is 48.8 Å². The van der Waals surface area contributed by atoms with Gasteiger partial charge in [0.15, 0.2) is 0 Å². The number of pyridine rings is 1. The summed E-state index contributed by atoms with van der Waals surface area (Å²) in [5.41, 5.74) is 1.49. The molecular formula is C23H27N3O3. The second kappa shape index (κ2) is 8.23. The Hall–Kier alpha value is -2.89. The molecule has 152 valence electrons. The van der Waals surface area contributed by atoms with E-state index in [-0.39, 0.29) is 23.3 Å². The maximum atomic E-state index is 12.7. The number of hydrogen-bond donors (Lipinski definition) is 1. The summed E-state index contributed by atoms with van der Waals surface area (Å²) >= 11 is 0. The first kappa shape index (κ1) is 19.4. The molecule has 6 nitrogen and oxygen atoms in total. The Morgan fingerprint density at radius 3 is 2.72 bits per heavy atom. The number of fused-ring (bicyclic) bond motifs is 1. The molecular weight excluding hydrogens is 366 g/mol. The highest BCUT2D eigenvalue weighted by Gasteiger charge is 2.44. The number of ether oxygens (including phenoxy) is 1. The molecule has 0 bridgehead atoms. The van der Waals surface area contributed by atoms with E-state index in [0.29, 0.717) is 31.6 Å². The molecule has 1 fully saturated rings. The van der Waals surface area contributed by atoms with Crippen molar-refractivity contribution in [2.75, 3.05) is 18.4 Å². The summed E-state index contributed by atoms with van der Waals surface area (Å²) < 4.78 is 6.47. The van der Waals surface area contributed by atoms with Gasteiger partial charge in [-0.15, -0.1) is 0 Å². The third kappa shape index (κ3) is 4.26. The maximum absolute atomic E-state index is 12.7. The van der Waals surface area contributed by atoms with Gasteiger partial charge in [-0.2, -0.15) is 0 Å². The van der Waals surface area contributed by atoms with Crippen molar-refractivity contribution in [3.8, 4) is 5.75 Å². The Bertz CT molecular complexity index is 876. The summed E-state index contributed by atoms with van der Waals surface area (Å²) in [5, 5.41) is 2.95. The van der Waals surface area contributed by atoms with Crippen LogP contribution in [0.25, 0.3) is 0 Å². The first-order valence-electron chi connectivity index (χ1n) is 10.3. The number of rotatable bonds is 4. The standard InChI is InChI=1S/C23H27N3O3/c1-2-22(28)26-12-9-23(10-13-26)15-17(19-7-3-4-8-20(19)29-23)14-21(27)25-18-6-5-11-24-16-18/h3-8,11,16-17H,2,9-10,12-15H2,1H3,(H,25,27)/t17-/m0/s1. The van der Waals surface area contributed by atoms with Crippen molar-refractivity contribution < 1.29 is 14.3 Å². The monoisotopic (exact) mass is 393 g/mol. The number of nitrogens with one attached hydrogen (secondary N) is 1. The molecule has 0 saturated carbocycles. The van der Waals surface area contributed by atoms with E-state index >= 15 is 0 Å². The SMILES string of the molecule is CCC(=O)N1CCC2(CC1)C[C@H](CC(=O)Nc1cccnc1)c1ccccc1O2. The normalized spacial score (nSPS) is 19.9. The lowest BCUT2D eigenvalue weighted by atomic mass is 9.76. The molecule has 1 N–H and O–H groups in total. The van der Waals surface area contributed by atoms with Gasteiger partial charge in [0.25, 0.3) is 0 Å². The second-order valence-electron chi connectivity index (χ2n) is 7.95. The molecule has 29 heavy (non-hydrogen) atoms. The van der Waals surface area contributed by atoms with E-state index in [4.69, 9.17) is 4.74 Å². The maximum Gasteiger partial charge on any atom is 0.225 e. The third-order valence-corrected chi connectivity index (χ3v) is 6.01. The van der Waals surface area contributed by atoms with Gasteiger partial charge >= 0.3 is 0 Å². The number of hydrogen-bond acceptors (Lipinski definition) is 4. The summed E-state index contributed by atoms with van der Waals surface area (Å²) in [6.07, 6.45) is 6.66. The lowest BCUT2D eigenvalue weighted by Gasteiger charge is -2.47. The van der Waals surface area contributed by atoms with Crippen LogP contribution >= 0.6 is 0 Å². The molecule has 1 aromatic heterocycles. The van der Waals surface area contributed by atoms with Crippen LogP contribution in [0.4, 0.5) is 5.69 Å². The first-order chi connectivity index (χ1) is 14.1. The predicted octanol–water partition coefficient (Wildman–Crippen LogP) is 3.75. The highest BCUT2D eigenvalue weighted by atomic mass is 16.5. The number of anilines is 1. The van der Waals surface area contributed by atoms with Crippen LogP contribution in [0.3, 0.4) is 0 Å². The Balaban J connectivity index is 1.49. The van der Waals surface area contributed by atoms with E-state index in [1.54, 1.807) is 18.5 Å². The zero-order chi connectivity index (χ0) is 20.3. The minimum atomic E-state index is -0.307. The lowest BCUT2D eigenvalue weighted by Crippen LogP contribution is -2.51. The molecule has 0 aliphatic carbocycles. The number of amides is 2. The van der Waals surface area contributed by atoms with Crippen LogP contribution in [0, 0.1) is 0 Å². The Morgan fingerprint density at radius 2 is 2.00 bits per heavy atom. The van der Waals surface area contributed by atoms with Crippen LogP contribution in [-0.2, 0) is 9.59 Å². The largest absolute Gasteiger partial charge is 0.487 e. The zero-order valence-corrected chi connectivity index (χ0v) is 16.8. The summed E-state index contributed by atoms with van der Waals surface area (Å²) in [7, 11) is 0. The molecule has 6 heteroatoms. The van der Waals surface area contributed by atoms with Crippen molar-refractivity contribution in [3.63, 3.8) is 0 Å². The van der Waals surface area contributed by atoms with Gasteiger partial charge in [0.05, 0.1) is 11.9 Å². The van der Waals surface area contributed by atoms with E-state index in [9.17, 15) is 9.59 Å². The Labute approximate surface area is 171 Å². The van der Waals surface area contributed by atoms with Crippen molar-refractivity contribution in [2.45, 2.75) is 50.5 Å². The van der Waals surface area contributed by atoms with Crippen molar-refractivity contribution in [1.29, 1.82) is 0 Å². The van der Waals surface area contributed by atoms with Crippen LogP contribution in [0.1, 0.15) is 50.5 Å². The fourth-order valence-corrected chi connectivity index (χ4v) is 4.49. The molecule has 2 aliphatic rings. The van der Waals surface area contributed by atoms with Crippen LogP contribution in [0.2, 0.25) is 0 Å². The molecule has 1 saturated heterocycles. The number of benzene rings is 1. The average Bonchev–Trinajstić information content (AvgIpc) is 2.74. The number of likely N-dealkylation sites (tertiary alicyclic amines) is 1. The van der Waals surface area contributed by atoms with E-state index in [2.05, 4.69) is 16.4 Å². The molecule has 2 aromatic rings.